The van der Waals surface area contributed by atoms with Gasteiger partial charge in [-0.05, 0) is 43.7 Å². The van der Waals surface area contributed by atoms with Gasteiger partial charge in [0.25, 0.3) is 0 Å². The van der Waals surface area contributed by atoms with Gasteiger partial charge in [-0.15, -0.1) is 0 Å². The summed E-state index contributed by atoms with van der Waals surface area (Å²) in [5.74, 6) is -0.734. The predicted molar refractivity (Wildman–Crippen MR) is 90.7 cm³/mol. The van der Waals surface area contributed by atoms with E-state index in [2.05, 4.69) is 0 Å². The molecule has 2 aliphatic heterocycles. The van der Waals surface area contributed by atoms with E-state index in [1.807, 2.05) is 0 Å². The molecule has 1 aromatic rings. The van der Waals surface area contributed by atoms with E-state index in [0.29, 0.717) is 44.0 Å². The third-order valence-electron chi connectivity index (χ3n) is 5.54. The Hall–Kier alpha value is -2.02. The largest absolute Gasteiger partial charge is 0.437 e. The molecular formula is C19H22F2N2O3. The van der Waals surface area contributed by atoms with E-state index >= 15 is 0 Å². The van der Waals surface area contributed by atoms with Crippen LogP contribution in [0, 0.1) is 5.92 Å². The van der Waals surface area contributed by atoms with Gasteiger partial charge in [0.05, 0.1) is 12.1 Å². The highest BCUT2D eigenvalue weighted by atomic mass is 19.3. The SMILES string of the molecule is O=C(CC1CC1)N1CCC2(CC1)CN(c1ccccc1)C(=O)C(F)(F)O2. The minimum absolute atomic E-state index is 0.0795. The number of anilines is 1. The lowest BCUT2D eigenvalue weighted by Crippen LogP contribution is -2.65. The zero-order valence-corrected chi connectivity index (χ0v) is 14.5. The second kappa shape index (κ2) is 6.30. The van der Waals surface area contributed by atoms with Gasteiger partial charge in [0.15, 0.2) is 0 Å². The first kappa shape index (κ1) is 17.4. The first-order chi connectivity index (χ1) is 12.4. The van der Waals surface area contributed by atoms with E-state index in [0.717, 1.165) is 17.7 Å². The van der Waals surface area contributed by atoms with E-state index in [-0.39, 0.29) is 12.5 Å². The summed E-state index contributed by atoms with van der Waals surface area (Å²) in [6, 6.07) is 8.47. The van der Waals surface area contributed by atoms with Gasteiger partial charge in [-0.2, -0.15) is 8.78 Å². The molecule has 26 heavy (non-hydrogen) atoms. The van der Waals surface area contributed by atoms with E-state index in [1.165, 1.54) is 0 Å². The van der Waals surface area contributed by atoms with E-state index < -0.39 is 17.6 Å². The number of piperidine rings is 1. The number of halogens is 2. The van der Waals surface area contributed by atoms with Crippen LogP contribution in [-0.2, 0) is 14.3 Å². The molecule has 0 bridgehead atoms. The molecular weight excluding hydrogens is 342 g/mol. The summed E-state index contributed by atoms with van der Waals surface area (Å²) in [7, 11) is 0. The smallest absolute Gasteiger partial charge is 0.342 e. The van der Waals surface area contributed by atoms with Crippen molar-refractivity contribution >= 4 is 17.5 Å². The van der Waals surface area contributed by atoms with Crippen molar-refractivity contribution in [2.45, 2.75) is 43.8 Å². The van der Waals surface area contributed by atoms with E-state index in [4.69, 9.17) is 4.74 Å². The van der Waals surface area contributed by atoms with Gasteiger partial charge in [0, 0.05) is 25.2 Å². The highest BCUT2D eigenvalue weighted by molar-refractivity contribution is 5.98. The molecule has 2 heterocycles. The van der Waals surface area contributed by atoms with Crippen molar-refractivity contribution < 1.29 is 23.1 Å². The summed E-state index contributed by atoms with van der Waals surface area (Å²) in [5, 5.41) is 0. The Kier molecular flexibility index (Phi) is 4.22. The van der Waals surface area contributed by atoms with Crippen molar-refractivity contribution in [2.24, 2.45) is 5.92 Å². The molecule has 1 saturated carbocycles. The number of hydrogen-bond donors (Lipinski definition) is 0. The van der Waals surface area contributed by atoms with Crippen LogP contribution in [0.25, 0.3) is 0 Å². The zero-order valence-electron chi connectivity index (χ0n) is 14.5. The number of ether oxygens (including phenoxy) is 1. The van der Waals surface area contributed by atoms with Crippen LogP contribution in [0.2, 0.25) is 0 Å². The van der Waals surface area contributed by atoms with Gasteiger partial charge in [-0.1, -0.05) is 18.2 Å². The number of nitrogens with zero attached hydrogens (tertiary/aromatic N) is 2. The van der Waals surface area contributed by atoms with Gasteiger partial charge in [0.2, 0.25) is 5.91 Å². The first-order valence-electron chi connectivity index (χ1n) is 9.11. The number of benzene rings is 1. The molecule has 5 nitrogen and oxygen atoms in total. The zero-order chi connectivity index (χ0) is 18.4. The van der Waals surface area contributed by atoms with Crippen molar-refractivity contribution in [1.82, 2.24) is 4.90 Å². The number of alkyl halides is 2. The van der Waals surface area contributed by atoms with Gasteiger partial charge < -0.3 is 14.5 Å². The maximum atomic E-state index is 14.3. The molecule has 1 spiro atoms. The Morgan fingerprint density at radius 2 is 1.81 bits per heavy atom. The normalized spacial score (nSPS) is 24.8. The number of para-hydroxylation sites is 1. The molecule has 0 aromatic heterocycles. The molecule has 0 atom stereocenters. The van der Waals surface area contributed by atoms with Gasteiger partial charge in [0.1, 0.15) is 0 Å². The van der Waals surface area contributed by atoms with Gasteiger partial charge in [-0.3, -0.25) is 9.59 Å². The molecule has 4 rings (SSSR count). The third-order valence-corrected chi connectivity index (χ3v) is 5.54. The molecule has 140 valence electrons. The highest BCUT2D eigenvalue weighted by Crippen LogP contribution is 2.41. The topological polar surface area (TPSA) is 49.9 Å². The van der Waals surface area contributed by atoms with Crippen molar-refractivity contribution in [1.29, 1.82) is 0 Å². The lowest BCUT2D eigenvalue weighted by Gasteiger charge is -2.48. The summed E-state index contributed by atoms with van der Waals surface area (Å²) in [6.07, 6.45) is -0.488. The molecule has 1 aromatic carbocycles. The maximum Gasteiger partial charge on any atom is 0.437 e. The van der Waals surface area contributed by atoms with Crippen molar-refractivity contribution in [3.63, 3.8) is 0 Å². The Morgan fingerprint density at radius 1 is 1.15 bits per heavy atom. The fourth-order valence-electron chi connectivity index (χ4n) is 3.80. The Morgan fingerprint density at radius 3 is 2.42 bits per heavy atom. The lowest BCUT2D eigenvalue weighted by molar-refractivity contribution is -0.292. The fourth-order valence-corrected chi connectivity index (χ4v) is 3.80. The molecule has 0 radical (unpaired) electrons. The Balaban J connectivity index is 1.49. The van der Waals surface area contributed by atoms with Crippen LogP contribution >= 0.6 is 0 Å². The molecule has 3 aliphatic rings. The lowest BCUT2D eigenvalue weighted by atomic mass is 9.88. The summed E-state index contributed by atoms with van der Waals surface area (Å²) in [4.78, 5) is 27.3. The molecule has 0 unspecified atom stereocenters. The van der Waals surface area contributed by atoms with Crippen LogP contribution in [0.3, 0.4) is 0 Å². The third kappa shape index (κ3) is 3.32. The van der Waals surface area contributed by atoms with Crippen molar-refractivity contribution in [2.75, 3.05) is 24.5 Å². The van der Waals surface area contributed by atoms with Crippen LogP contribution < -0.4 is 4.90 Å². The highest BCUT2D eigenvalue weighted by Gasteiger charge is 2.57. The van der Waals surface area contributed by atoms with E-state index in [1.54, 1.807) is 35.2 Å². The van der Waals surface area contributed by atoms with Crippen LogP contribution in [0.5, 0.6) is 0 Å². The average molecular weight is 364 g/mol. The summed E-state index contributed by atoms with van der Waals surface area (Å²) in [5.41, 5.74) is -0.684. The fraction of sp³-hybridized carbons (Fsp3) is 0.579. The Labute approximate surface area is 150 Å². The van der Waals surface area contributed by atoms with Crippen LogP contribution in [0.1, 0.15) is 32.1 Å². The quantitative estimate of drug-likeness (QED) is 0.829. The van der Waals surface area contributed by atoms with Crippen LogP contribution in [0.15, 0.2) is 30.3 Å². The summed E-state index contributed by atoms with van der Waals surface area (Å²) in [6.45, 7) is 0.854. The average Bonchev–Trinajstić information content (AvgIpc) is 3.43. The molecule has 1 aliphatic carbocycles. The second-order valence-corrected chi connectivity index (χ2v) is 7.56. The second-order valence-electron chi connectivity index (χ2n) is 7.56. The van der Waals surface area contributed by atoms with E-state index in [9.17, 15) is 18.4 Å². The number of hydrogen-bond acceptors (Lipinski definition) is 3. The number of rotatable bonds is 3. The molecule has 0 N–H and O–H groups in total. The number of likely N-dealkylation sites (tertiary alicyclic amines) is 1. The first-order valence-corrected chi connectivity index (χ1v) is 9.11. The van der Waals surface area contributed by atoms with Gasteiger partial charge >= 0.3 is 12.0 Å². The molecule has 7 heteroatoms. The van der Waals surface area contributed by atoms with Crippen LogP contribution in [-0.4, -0.2) is 48.1 Å². The summed E-state index contributed by atoms with van der Waals surface area (Å²) >= 11 is 0. The molecule has 2 amide bonds. The number of carbonyl (C=O) groups is 2. The monoisotopic (exact) mass is 364 g/mol. The number of morpholine rings is 1. The predicted octanol–water partition coefficient (Wildman–Crippen LogP) is 2.80. The minimum atomic E-state index is -3.85. The van der Waals surface area contributed by atoms with Crippen molar-refractivity contribution in [3.8, 4) is 0 Å². The maximum absolute atomic E-state index is 14.3. The standard InChI is InChI=1S/C19H22F2N2O3/c20-19(21)17(25)23(15-4-2-1-3-5-15)13-18(26-19)8-10-22(11-9-18)16(24)12-14-6-7-14/h1-5,14H,6-13H2. The summed E-state index contributed by atoms with van der Waals surface area (Å²) < 4.78 is 33.6. The van der Waals surface area contributed by atoms with Gasteiger partial charge in [-0.25, -0.2) is 0 Å². The minimum Gasteiger partial charge on any atom is -0.342 e. The number of carbonyl (C=O) groups excluding carboxylic acids is 2. The van der Waals surface area contributed by atoms with Crippen molar-refractivity contribution in [3.05, 3.63) is 30.3 Å². The van der Waals surface area contributed by atoms with Crippen LogP contribution in [0.4, 0.5) is 14.5 Å². The Bertz CT molecular complexity index is 698. The molecule has 3 fully saturated rings. The number of amides is 2. The molecule has 2 saturated heterocycles.